The average molecular weight is 260 g/mol. The van der Waals surface area contributed by atoms with Gasteiger partial charge in [0.2, 0.25) is 0 Å². The van der Waals surface area contributed by atoms with Gasteiger partial charge in [0.05, 0.1) is 18.3 Å². The fourth-order valence-electron chi connectivity index (χ4n) is 2.26. The lowest BCUT2D eigenvalue weighted by Crippen LogP contribution is -2.30. The minimum atomic E-state index is 0.0164. The van der Waals surface area contributed by atoms with Crippen LogP contribution in [0.4, 0.5) is 0 Å². The number of fused-ring (bicyclic) bond motifs is 1. The highest BCUT2D eigenvalue weighted by molar-refractivity contribution is 5.75. The number of pyridine rings is 1. The lowest BCUT2D eigenvalue weighted by atomic mass is 10.1. The largest absolute Gasteiger partial charge is 0.321 e. The standard InChI is InChI=1S/C15H24N4/c1-6-11(2)17-10-14-18-12-9-16-8-7-13(12)19(14)15(3,4)5/h7-9,11,17H,6,10H2,1-5H3. The Balaban J connectivity index is 2.42. The molecule has 0 amide bonds. The number of rotatable bonds is 4. The average Bonchev–Trinajstić information content (AvgIpc) is 2.73. The van der Waals surface area contributed by atoms with Crippen LogP contribution in [0, 0.1) is 0 Å². The smallest absolute Gasteiger partial charge is 0.124 e. The maximum Gasteiger partial charge on any atom is 0.124 e. The van der Waals surface area contributed by atoms with Gasteiger partial charge in [0, 0.05) is 17.8 Å². The highest BCUT2D eigenvalue weighted by Crippen LogP contribution is 2.24. The Morgan fingerprint density at radius 3 is 2.74 bits per heavy atom. The molecule has 0 saturated heterocycles. The second kappa shape index (κ2) is 5.29. The Morgan fingerprint density at radius 2 is 2.11 bits per heavy atom. The van der Waals surface area contributed by atoms with Crippen molar-refractivity contribution in [3.05, 3.63) is 24.3 Å². The van der Waals surface area contributed by atoms with E-state index in [0.717, 1.165) is 29.8 Å². The zero-order valence-electron chi connectivity index (χ0n) is 12.6. The van der Waals surface area contributed by atoms with Crippen molar-refractivity contribution < 1.29 is 0 Å². The normalized spacial score (nSPS) is 13.9. The number of hydrogen-bond acceptors (Lipinski definition) is 3. The predicted octanol–water partition coefficient (Wildman–Crippen LogP) is 3.07. The lowest BCUT2D eigenvalue weighted by Gasteiger charge is -2.25. The number of nitrogens with one attached hydrogen (secondary N) is 1. The summed E-state index contributed by atoms with van der Waals surface area (Å²) in [4.78, 5) is 8.89. The summed E-state index contributed by atoms with van der Waals surface area (Å²) in [6.07, 6.45) is 4.79. The molecule has 0 fully saturated rings. The molecular formula is C15H24N4. The van der Waals surface area contributed by atoms with E-state index in [-0.39, 0.29) is 5.54 Å². The van der Waals surface area contributed by atoms with Crippen molar-refractivity contribution in [1.82, 2.24) is 19.9 Å². The van der Waals surface area contributed by atoms with Gasteiger partial charge in [0.15, 0.2) is 0 Å². The second-order valence-electron chi connectivity index (χ2n) is 6.09. The van der Waals surface area contributed by atoms with Gasteiger partial charge in [-0.2, -0.15) is 0 Å². The molecule has 2 heterocycles. The van der Waals surface area contributed by atoms with Crippen molar-refractivity contribution in [1.29, 1.82) is 0 Å². The van der Waals surface area contributed by atoms with Crippen LogP contribution < -0.4 is 5.32 Å². The maximum atomic E-state index is 4.72. The molecule has 2 rings (SSSR count). The minimum Gasteiger partial charge on any atom is -0.321 e. The number of imidazole rings is 1. The summed E-state index contributed by atoms with van der Waals surface area (Å²) in [5, 5.41) is 3.52. The maximum absolute atomic E-state index is 4.72. The van der Waals surface area contributed by atoms with Crippen LogP contribution in [-0.2, 0) is 12.1 Å². The summed E-state index contributed by atoms with van der Waals surface area (Å²) in [6, 6.07) is 2.55. The molecular weight excluding hydrogens is 236 g/mol. The van der Waals surface area contributed by atoms with E-state index in [1.165, 1.54) is 0 Å². The van der Waals surface area contributed by atoms with Crippen molar-refractivity contribution in [2.45, 2.75) is 59.2 Å². The van der Waals surface area contributed by atoms with E-state index in [0.29, 0.717) is 6.04 Å². The highest BCUT2D eigenvalue weighted by atomic mass is 15.2. The summed E-state index contributed by atoms with van der Waals surface area (Å²) in [5.41, 5.74) is 2.14. The number of hydrogen-bond donors (Lipinski definition) is 1. The van der Waals surface area contributed by atoms with Crippen molar-refractivity contribution >= 4 is 11.0 Å². The molecule has 0 aliphatic carbocycles. The van der Waals surface area contributed by atoms with Gasteiger partial charge in [0.1, 0.15) is 11.3 Å². The Bertz CT molecular complexity index is 551. The molecule has 0 aromatic carbocycles. The Kier molecular flexibility index (Phi) is 3.90. The molecule has 0 saturated carbocycles. The van der Waals surface area contributed by atoms with Gasteiger partial charge in [-0.3, -0.25) is 4.98 Å². The molecule has 0 aliphatic heterocycles. The van der Waals surface area contributed by atoms with E-state index in [1.807, 2.05) is 18.5 Å². The van der Waals surface area contributed by atoms with Gasteiger partial charge in [0.25, 0.3) is 0 Å². The molecule has 2 aromatic heterocycles. The molecule has 2 aromatic rings. The van der Waals surface area contributed by atoms with E-state index < -0.39 is 0 Å². The third-order valence-corrected chi connectivity index (χ3v) is 3.42. The lowest BCUT2D eigenvalue weighted by molar-refractivity contribution is 0.383. The molecule has 0 spiro atoms. The van der Waals surface area contributed by atoms with Crippen LogP contribution >= 0.6 is 0 Å². The molecule has 1 unspecified atom stereocenters. The topological polar surface area (TPSA) is 42.7 Å². The molecule has 4 nitrogen and oxygen atoms in total. The fraction of sp³-hybridized carbons (Fsp3) is 0.600. The van der Waals surface area contributed by atoms with Gasteiger partial charge < -0.3 is 9.88 Å². The van der Waals surface area contributed by atoms with Crippen LogP contribution in [0.3, 0.4) is 0 Å². The first-order valence-electron chi connectivity index (χ1n) is 6.98. The predicted molar refractivity (Wildman–Crippen MR) is 79.1 cm³/mol. The number of aromatic nitrogens is 3. The highest BCUT2D eigenvalue weighted by Gasteiger charge is 2.21. The Morgan fingerprint density at radius 1 is 1.37 bits per heavy atom. The molecule has 4 heteroatoms. The Labute approximate surface area is 115 Å². The van der Waals surface area contributed by atoms with E-state index in [4.69, 9.17) is 4.98 Å². The second-order valence-corrected chi connectivity index (χ2v) is 6.09. The van der Waals surface area contributed by atoms with E-state index in [1.54, 1.807) is 0 Å². The quantitative estimate of drug-likeness (QED) is 0.918. The van der Waals surface area contributed by atoms with Gasteiger partial charge in [-0.15, -0.1) is 0 Å². The summed E-state index contributed by atoms with van der Waals surface area (Å²) >= 11 is 0. The van der Waals surface area contributed by atoms with Crippen LogP contribution in [0.25, 0.3) is 11.0 Å². The molecule has 104 valence electrons. The van der Waals surface area contributed by atoms with Crippen molar-refractivity contribution in [2.75, 3.05) is 0 Å². The van der Waals surface area contributed by atoms with Crippen LogP contribution in [0.5, 0.6) is 0 Å². The molecule has 1 atom stereocenters. The Hall–Kier alpha value is -1.42. The van der Waals surface area contributed by atoms with Crippen molar-refractivity contribution in [2.24, 2.45) is 0 Å². The van der Waals surface area contributed by atoms with Crippen LogP contribution in [0.1, 0.15) is 46.9 Å². The molecule has 0 radical (unpaired) electrons. The SMILES string of the molecule is CCC(C)NCc1nc2cnccc2n1C(C)(C)C. The van der Waals surface area contributed by atoms with E-state index in [2.05, 4.69) is 49.5 Å². The van der Waals surface area contributed by atoms with Crippen LogP contribution in [-0.4, -0.2) is 20.6 Å². The molecule has 0 aliphatic rings. The summed E-state index contributed by atoms with van der Waals surface area (Å²) < 4.78 is 2.30. The van der Waals surface area contributed by atoms with Crippen molar-refractivity contribution in [3.63, 3.8) is 0 Å². The zero-order chi connectivity index (χ0) is 14.0. The number of nitrogens with zero attached hydrogens (tertiary/aromatic N) is 3. The summed E-state index contributed by atoms with van der Waals surface area (Å²) in [5.74, 6) is 1.08. The summed E-state index contributed by atoms with van der Waals surface area (Å²) in [6.45, 7) is 11.8. The zero-order valence-corrected chi connectivity index (χ0v) is 12.6. The molecule has 1 N–H and O–H groups in total. The van der Waals surface area contributed by atoms with Crippen LogP contribution in [0.2, 0.25) is 0 Å². The van der Waals surface area contributed by atoms with Gasteiger partial charge >= 0.3 is 0 Å². The van der Waals surface area contributed by atoms with E-state index in [9.17, 15) is 0 Å². The first kappa shape index (κ1) is 14.0. The molecule has 19 heavy (non-hydrogen) atoms. The third kappa shape index (κ3) is 2.95. The summed E-state index contributed by atoms with van der Waals surface area (Å²) in [7, 11) is 0. The van der Waals surface area contributed by atoms with Gasteiger partial charge in [-0.05, 0) is 40.2 Å². The minimum absolute atomic E-state index is 0.0164. The van der Waals surface area contributed by atoms with Crippen molar-refractivity contribution in [3.8, 4) is 0 Å². The fourth-order valence-corrected chi connectivity index (χ4v) is 2.26. The van der Waals surface area contributed by atoms with E-state index >= 15 is 0 Å². The van der Waals surface area contributed by atoms with Gasteiger partial charge in [-0.25, -0.2) is 4.98 Å². The first-order chi connectivity index (χ1) is 8.93. The first-order valence-corrected chi connectivity index (χ1v) is 6.98. The van der Waals surface area contributed by atoms with Gasteiger partial charge in [-0.1, -0.05) is 6.92 Å². The monoisotopic (exact) mass is 260 g/mol. The van der Waals surface area contributed by atoms with Crippen LogP contribution in [0.15, 0.2) is 18.5 Å². The molecule has 0 bridgehead atoms. The third-order valence-electron chi connectivity index (χ3n) is 3.42.